The highest BCUT2D eigenvalue weighted by Gasteiger charge is 2.35. The first-order valence-electron chi connectivity index (χ1n) is 10.8. The summed E-state index contributed by atoms with van der Waals surface area (Å²) in [5, 5.41) is 5.28. The van der Waals surface area contributed by atoms with Gasteiger partial charge in [-0.25, -0.2) is 18.4 Å². The summed E-state index contributed by atoms with van der Waals surface area (Å²) in [6, 6.07) is 11.4. The molecule has 0 aliphatic carbocycles. The number of hydrogen-bond donors (Lipinski definition) is 1. The van der Waals surface area contributed by atoms with E-state index in [1.165, 1.54) is 19.1 Å². The van der Waals surface area contributed by atoms with E-state index in [2.05, 4.69) is 0 Å². The molecule has 2 aromatic rings. The summed E-state index contributed by atoms with van der Waals surface area (Å²) in [5.41, 5.74) is 2.42. The number of nitrogens with zero attached hydrogens (tertiary/aromatic N) is 2. The van der Waals surface area contributed by atoms with Crippen LogP contribution in [0, 0.1) is 0 Å². The standard InChI is InChI=1S/C23H27N3O6S/c1-15-14-25(23(28)32-19-8-10-31-11-9-19)22-13-18(6-7-21(22)26(15)16(2)27)17-4-3-5-20(12-17)33(24,29)30/h3-7,12-13,15,19H,8-11,14H2,1-2H3,(H2,24,29,30). The van der Waals surface area contributed by atoms with Gasteiger partial charge in [0.25, 0.3) is 0 Å². The first kappa shape index (κ1) is 23.2. The summed E-state index contributed by atoms with van der Waals surface area (Å²) < 4.78 is 34.7. The number of benzene rings is 2. The second-order valence-corrected chi connectivity index (χ2v) is 9.88. The van der Waals surface area contributed by atoms with Gasteiger partial charge in [-0.15, -0.1) is 0 Å². The molecule has 0 radical (unpaired) electrons. The van der Waals surface area contributed by atoms with Gasteiger partial charge in [0.05, 0.1) is 35.5 Å². The van der Waals surface area contributed by atoms with Gasteiger partial charge >= 0.3 is 6.09 Å². The molecule has 2 aliphatic rings. The number of primary sulfonamides is 1. The fourth-order valence-corrected chi connectivity index (χ4v) is 4.87. The van der Waals surface area contributed by atoms with Gasteiger partial charge in [0, 0.05) is 26.3 Å². The van der Waals surface area contributed by atoms with Crippen LogP contribution < -0.4 is 14.9 Å². The van der Waals surface area contributed by atoms with Crippen molar-refractivity contribution >= 4 is 33.4 Å². The first-order valence-corrected chi connectivity index (χ1v) is 12.3. The lowest BCUT2D eigenvalue weighted by molar-refractivity contribution is -0.117. The first-order chi connectivity index (χ1) is 15.6. The molecule has 33 heavy (non-hydrogen) atoms. The van der Waals surface area contributed by atoms with Crippen LogP contribution in [0.5, 0.6) is 0 Å². The van der Waals surface area contributed by atoms with Gasteiger partial charge in [-0.1, -0.05) is 18.2 Å². The van der Waals surface area contributed by atoms with Crippen LogP contribution in [-0.2, 0) is 24.3 Å². The number of nitrogens with two attached hydrogens (primary N) is 1. The maximum atomic E-state index is 13.1. The molecule has 0 spiro atoms. The van der Waals surface area contributed by atoms with E-state index in [1.54, 1.807) is 40.1 Å². The van der Waals surface area contributed by atoms with E-state index in [1.807, 2.05) is 6.92 Å². The third-order valence-electron chi connectivity index (χ3n) is 5.90. The molecule has 9 nitrogen and oxygen atoms in total. The van der Waals surface area contributed by atoms with Crippen LogP contribution in [0.15, 0.2) is 47.4 Å². The number of amides is 2. The Morgan fingerprint density at radius 2 is 1.76 bits per heavy atom. The molecule has 1 atom stereocenters. The van der Waals surface area contributed by atoms with E-state index in [9.17, 15) is 18.0 Å². The van der Waals surface area contributed by atoms with Crippen molar-refractivity contribution in [1.82, 2.24) is 0 Å². The molecule has 2 heterocycles. The molecular formula is C23H27N3O6S. The average molecular weight is 474 g/mol. The van der Waals surface area contributed by atoms with Crippen LogP contribution in [0.1, 0.15) is 26.7 Å². The zero-order valence-corrected chi connectivity index (χ0v) is 19.4. The Morgan fingerprint density at radius 1 is 1.06 bits per heavy atom. The molecule has 1 saturated heterocycles. The number of rotatable bonds is 3. The number of sulfonamides is 1. The molecular weight excluding hydrogens is 446 g/mol. The van der Waals surface area contributed by atoms with Crippen molar-refractivity contribution in [3.63, 3.8) is 0 Å². The van der Waals surface area contributed by atoms with Gasteiger partial charge in [-0.2, -0.15) is 0 Å². The number of hydrogen-bond acceptors (Lipinski definition) is 6. The third-order valence-corrected chi connectivity index (χ3v) is 6.82. The summed E-state index contributed by atoms with van der Waals surface area (Å²) in [4.78, 5) is 28.7. The Balaban J connectivity index is 1.74. The van der Waals surface area contributed by atoms with Crippen molar-refractivity contribution in [3.05, 3.63) is 42.5 Å². The van der Waals surface area contributed by atoms with Crippen LogP contribution in [0.2, 0.25) is 0 Å². The van der Waals surface area contributed by atoms with Crippen molar-refractivity contribution in [1.29, 1.82) is 0 Å². The number of carbonyl (C=O) groups excluding carboxylic acids is 2. The SMILES string of the molecule is CC(=O)N1c2ccc(-c3cccc(S(N)(=O)=O)c3)cc2N(C(=O)OC2CCOCC2)CC1C. The number of fused-ring (bicyclic) bond motifs is 1. The van der Waals surface area contributed by atoms with Crippen molar-refractivity contribution in [2.24, 2.45) is 5.14 Å². The lowest BCUT2D eigenvalue weighted by Gasteiger charge is -2.41. The molecule has 1 unspecified atom stereocenters. The lowest BCUT2D eigenvalue weighted by Crippen LogP contribution is -2.52. The average Bonchev–Trinajstić information content (AvgIpc) is 2.78. The molecule has 176 valence electrons. The minimum atomic E-state index is -3.87. The van der Waals surface area contributed by atoms with Gasteiger partial charge < -0.3 is 14.4 Å². The van der Waals surface area contributed by atoms with E-state index in [-0.39, 0.29) is 29.5 Å². The van der Waals surface area contributed by atoms with Gasteiger partial charge in [0.2, 0.25) is 15.9 Å². The van der Waals surface area contributed by atoms with E-state index in [4.69, 9.17) is 14.6 Å². The molecule has 4 rings (SSSR count). The van der Waals surface area contributed by atoms with Crippen LogP contribution >= 0.6 is 0 Å². The quantitative estimate of drug-likeness (QED) is 0.732. The summed E-state index contributed by atoms with van der Waals surface area (Å²) in [6.45, 7) is 4.73. The number of ether oxygens (including phenoxy) is 2. The molecule has 2 amide bonds. The normalized spacial score (nSPS) is 19.2. The van der Waals surface area contributed by atoms with Crippen LogP contribution in [0.4, 0.5) is 16.2 Å². The van der Waals surface area contributed by atoms with Gasteiger partial charge in [-0.3, -0.25) is 9.69 Å². The fraction of sp³-hybridized carbons (Fsp3) is 0.391. The Labute approximate surface area is 193 Å². The highest BCUT2D eigenvalue weighted by molar-refractivity contribution is 7.89. The number of carbonyl (C=O) groups is 2. The van der Waals surface area contributed by atoms with E-state index < -0.39 is 16.1 Å². The Kier molecular flexibility index (Phi) is 6.42. The molecule has 0 saturated carbocycles. The monoisotopic (exact) mass is 473 g/mol. The van der Waals surface area contributed by atoms with Crippen molar-refractivity contribution in [2.75, 3.05) is 29.6 Å². The largest absolute Gasteiger partial charge is 0.446 e. The second kappa shape index (κ2) is 9.12. The molecule has 0 aromatic heterocycles. The van der Waals surface area contributed by atoms with Crippen molar-refractivity contribution in [2.45, 2.75) is 43.7 Å². The molecule has 0 bridgehead atoms. The lowest BCUT2D eigenvalue weighted by atomic mass is 10.0. The topological polar surface area (TPSA) is 119 Å². The highest BCUT2D eigenvalue weighted by atomic mass is 32.2. The molecule has 1 fully saturated rings. The smallest absolute Gasteiger partial charge is 0.414 e. The van der Waals surface area contributed by atoms with Gasteiger partial charge in [0.1, 0.15) is 6.10 Å². The zero-order valence-electron chi connectivity index (χ0n) is 18.6. The Hall–Kier alpha value is -2.95. The van der Waals surface area contributed by atoms with Crippen LogP contribution in [-0.4, -0.2) is 52.3 Å². The predicted octanol–water partition coefficient (Wildman–Crippen LogP) is 2.88. The summed E-state index contributed by atoms with van der Waals surface area (Å²) in [6.07, 6.45) is 0.586. The van der Waals surface area contributed by atoms with Crippen LogP contribution in [0.3, 0.4) is 0 Å². The van der Waals surface area contributed by atoms with Crippen molar-refractivity contribution in [3.8, 4) is 11.1 Å². The molecule has 2 aromatic carbocycles. The summed E-state index contributed by atoms with van der Waals surface area (Å²) in [5.74, 6) is -0.134. The Morgan fingerprint density at radius 3 is 2.42 bits per heavy atom. The fourth-order valence-electron chi connectivity index (χ4n) is 4.31. The van der Waals surface area contributed by atoms with E-state index in [0.717, 1.165) is 0 Å². The molecule has 2 N–H and O–H groups in total. The van der Waals surface area contributed by atoms with Crippen LogP contribution in [0.25, 0.3) is 11.1 Å². The minimum absolute atomic E-state index is 0.00695. The Bertz CT molecular complexity index is 1180. The maximum absolute atomic E-state index is 13.1. The predicted molar refractivity (Wildman–Crippen MR) is 124 cm³/mol. The zero-order chi connectivity index (χ0) is 23.8. The van der Waals surface area contributed by atoms with Gasteiger partial charge in [0.15, 0.2) is 0 Å². The minimum Gasteiger partial charge on any atom is -0.446 e. The van der Waals surface area contributed by atoms with Gasteiger partial charge in [-0.05, 0) is 42.3 Å². The summed E-state index contributed by atoms with van der Waals surface area (Å²) in [7, 11) is -3.87. The van der Waals surface area contributed by atoms with Crippen molar-refractivity contribution < 1.29 is 27.5 Å². The van der Waals surface area contributed by atoms with E-state index >= 15 is 0 Å². The number of anilines is 2. The highest BCUT2D eigenvalue weighted by Crippen LogP contribution is 2.39. The molecule has 10 heteroatoms. The second-order valence-electron chi connectivity index (χ2n) is 8.32. The summed E-state index contributed by atoms with van der Waals surface area (Å²) >= 11 is 0. The third kappa shape index (κ3) is 4.87. The van der Waals surface area contributed by atoms with E-state index in [0.29, 0.717) is 48.6 Å². The maximum Gasteiger partial charge on any atom is 0.414 e. The molecule has 2 aliphatic heterocycles.